The minimum Gasteiger partial charge on any atom is -0.548 e. The van der Waals surface area contributed by atoms with Crippen LogP contribution in [0.15, 0.2) is 64.8 Å². The number of carboxylic acids is 1. The van der Waals surface area contributed by atoms with Gasteiger partial charge in [-0.15, -0.1) is 0 Å². The first-order chi connectivity index (χ1) is 13.8. The van der Waals surface area contributed by atoms with Crippen LogP contribution in [0.2, 0.25) is 0 Å². The predicted molar refractivity (Wildman–Crippen MR) is 112 cm³/mol. The van der Waals surface area contributed by atoms with E-state index in [1.54, 1.807) is 48.5 Å². The minimum atomic E-state index is -1.37. The molecular weight excluding hydrogens is 436 g/mol. The Morgan fingerprint density at radius 3 is 2.21 bits per heavy atom. The molecule has 2 rings (SSSR count). The maximum Gasteiger partial charge on any atom is 0.268 e. The monoisotopic (exact) mass is 457 g/mol. The molecule has 2 aromatic rings. The van der Waals surface area contributed by atoms with Crippen molar-refractivity contribution in [2.45, 2.75) is 26.3 Å². The molecule has 29 heavy (non-hydrogen) atoms. The molecule has 0 aliphatic carbocycles. The Bertz CT molecular complexity index is 893. The second-order valence-electron chi connectivity index (χ2n) is 6.90. The largest absolute Gasteiger partial charge is 0.548 e. The molecule has 0 aliphatic heterocycles. The van der Waals surface area contributed by atoms with Crippen LogP contribution in [0.4, 0.5) is 0 Å². The van der Waals surface area contributed by atoms with Crippen LogP contribution in [0.5, 0.6) is 0 Å². The zero-order valence-electron chi connectivity index (χ0n) is 16.1. The van der Waals surface area contributed by atoms with Crippen molar-refractivity contribution >= 4 is 39.8 Å². The minimum absolute atomic E-state index is 0.0390. The van der Waals surface area contributed by atoms with Crippen LogP contribution in [0.25, 0.3) is 6.08 Å². The number of carboxylic acid groups (broad SMARTS) is 1. The van der Waals surface area contributed by atoms with Gasteiger partial charge in [0, 0.05) is 10.0 Å². The van der Waals surface area contributed by atoms with E-state index in [1.165, 1.54) is 6.08 Å². The van der Waals surface area contributed by atoms with Crippen molar-refractivity contribution in [1.82, 2.24) is 10.6 Å². The number of hydrogen-bond donors (Lipinski definition) is 2. The molecule has 0 unspecified atom stereocenters. The Labute approximate surface area is 178 Å². The Morgan fingerprint density at radius 2 is 1.66 bits per heavy atom. The molecule has 2 aromatic carbocycles. The van der Waals surface area contributed by atoms with Gasteiger partial charge in [0.05, 0.1) is 12.0 Å². The van der Waals surface area contributed by atoms with Crippen LogP contribution in [0.3, 0.4) is 0 Å². The fraction of sp³-hybridized carbons (Fsp3) is 0.227. The molecule has 0 aliphatic rings. The number of benzene rings is 2. The second-order valence-corrected chi connectivity index (χ2v) is 7.82. The van der Waals surface area contributed by atoms with E-state index in [0.717, 1.165) is 4.47 Å². The number of hydrogen-bond acceptors (Lipinski definition) is 4. The van der Waals surface area contributed by atoms with E-state index in [9.17, 15) is 19.5 Å². The zero-order valence-corrected chi connectivity index (χ0v) is 17.7. The zero-order chi connectivity index (χ0) is 21.4. The van der Waals surface area contributed by atoms with Crippen LogP contribution in [0.1, 0.15) is 36.2 Å². The summed E-state index contributed by atoms with van der Waals surface area (Å²) >= 11 is 3.30. The van der Waals surface area contributed by atoms with Crippen LogP contribution >= 0.6 is 15.9 Å². The lowest BCUT2D eigenvalue weighted by atomic mass is 10.0. The lowest BCUT2D eigenvalue weighted by Gasteiger charge is -2.22. The van der Waals surface area contributed by atoms with Crippen LogP contribution < -0.4 is 15.7 Å². The molecule has 152 valence electrons. The quantitative estimate of drug-likeness (QED) is 0.594. The highest BCUT2D eigenvalue weighted by Gasteiger charge is 2.20. The van der Waals surface area contributed by atoms with Crippen molar-refractivity contribution < 1.29 is 19.5 Å². The van der Waals surface area contributed by atoms with Gasteiger partial charge in [-0.3, -0.25) is 9.59 Å². The van der Waals surface area contributed by atoms with Gasteiger partial charge in [0.15, 0.2) is 0 Å². The van der Waals surface area contributed by atoms with E-state index in [4.69, 9.17) is 0 Å². The molecule has 0 spiro atoms. The van der Waals surface area contributed by atoms with Crippen molar-refractivity contribution in [3.63, 3.8) is 0 Å². The normalized spacial score (nSPS) is 12.3. The highest BCUT2D eigenvalue weighted by atomic mass is 79.9. The Kier molecular flexibility index (Phi) is 8.15. The number of amides is 2. The number of rotatable bonds is 8. The van der Waals surface area contributed by atoms with Gasteiger partial charge >= 0.3 is 0 Å². The van der Waals surface area contributed by atoms with Crippen LogP contribution in [-0.4, -0.2) is 23.8 Å². The third-order valence-electron chi connectivity index (χ3n) is 4.01. The number of aliphatic carboxylic acids is 1. The molecule has 0 radical (unpaired) electrons. The fourth-order valence-electron chi connectivity index (χ4n) is 2.59. The third-order valence-corrected chi connectivity index (χ3v) is 4.54. The molecule has 2 amide bonds. The smallest absolute Gasteiger partial charge is 0.268 e. The van der Waals surface area contributed by atoms with Crippen molar-refractivity contribution in [2.75, 3.05) is 0 Å². The average molecular weight is 458 g/mol. The molecular formula is C22H22BrN2O4-. The van der Waals surface area contributed by atoms with Gasteiger partial charge in [-0.25, -0.2) is 0 Å². The first-order valence-electron chi connectivity index (χ1n) is 9.11. The van der Waals surface area contributed by atoms with E-state index in [-0.39, 0.29) is 18.0 Å². The Morgan fingerprint density at radius 1 is 1.03 bits per heavy atom. The maximum atomic E-state index is 12.8. The maximum absolute atomic E-state index is 12.8. The molecule has 0 saturated carbocycles. The summed E-state index contributed by atoms with van der Waals surface area (Å²) in [6.07, 6.45) is 1.71. The summed E-state index contributed by atoms with van der Waals surface area (Å²) in [7, 11) is 0. The summed E-state index contributed by atoms with van der Waals surface area (Å²) in [5.74, 6) is -2.51. The molecule has 0 fully saturated rings. The van der Waals surface area contributed by atoms with Gasteiger partial charge in [0.1, 0.15) is 5.70 Å². The molecule has 0 bridgehead atoms. The Balaban J connectivity index is 2.28. The summed E-state index contributed by atoms with van der Waals surface area (Å²) in [6, 6.07) is 14.4. The van der Waals surface area contributed by atoms with Gasteiger partial charge in [0.25, 0.3) is 11.8 Å². The summed E-state index contributed by atoms with van der Waals surface area (Å²) in [5.41, 5.74) is 0.986. The number of halogens is 1. The molecule has 7 heteroatoms. The van der Waals surface area contributed by atoms with Crippen molar-refractivity contribution in [3.8, 4) is 0 Å². The molecule has 0 aromatic heterocycles. The third kappa shape index (κ3) is 7.19. The second kappa shape index (κ2) is 10.6. The van der Waals surface area contributed by atoms with Gasteiger partial charge in [0.2, 0.25) is 0 Å². The van der Waals surface area contributed by atoms with Gasteiger partial charge in [-0.2, -0.15) is 0 Å². The van der Waals surface area contributed by atoms with Crippen LogP contribution in [0, 0.1) is 5.92 Å². The van der Waals surface area contributed by atoms with E-state index in [1.807, 2.05) is 19.9 Å². The molecule has 0 saturated heterocycles. The average Bonchev–Trinajstić information content (AvgIpc) is 2.67. The molecule has 2 N–H and O–H groups in total. The van der Waals surface area contributed by atoms with E-state index in [0.29, 0.717) is 11.1 Å². The highest BCUT2D eigenvalue weighted by Crippen LogP contribution is 2.12. The van der Waals surface area contributed by atoms with E-state index < -0.39 is 23.8 Å². The van der Waals surface area contributed by atoms with Crippen molar-refractivity contribution in [1.29, 1.82) is 0 Å². The van der Waals surface area contributed by atoms with Gasteiger partial charge in [-0.1, -0.05) is 60.1 Å². The topological polar surface area (TPSA) is 98.3 Å². The van der Waals surface area contributed by atoms with Crippen molar-refractivity contribution in [3.05, 3.63) is 75.9 Å². The van der Waals surface area contributed by atoms with Gasteiger partial charge in [-0.05, 0) is 48.2 Å². The standard InChI is InChI=1S/C22H23BrN2O4/c1-14(2)12-19(22(28)29)25-21(27)18(13-15-6-4-3-5-7-15)24-20(26)16-8-10-17(23)11-9-16/h3-11,13-14,19H,12H2,1-2H3,(H,24,26)(H,25,27)(H,28,29)/p-1/b18-13-/t19-/m0/s1. The number of nitrogens with one attached hydrogen (secondary N) is 2. The number of carbonyl (C=O) groups is 3. The van der Waals surface area contributed by atoms with Crippen molar-refractivity contribution in [2.24, 2.45) is 5.92 Å². The molecule has 1 atom stereocenters. The van der Waals surface area contributed by atoms with E-state index >= 15 is 0 Å². The van der Waals surface area contributed by atoms with E-state index in [2.05, 4.69) is 26.6 Å². The lowest BCUT2D eigenvalue weighted by Crippen LogP contribution is -2.50. The highest BCUT2D eigenvalue weighted by molar-refractivity contribution is 9.10. The lowest BCUT2D eigenvalue weighted by molar-refractivity contribution is -0.308. The molecule has 6 nitrogen and oxygen atoms in total. The predicted octanol–water partition coefficient (Wildman–Crippen LogP) is 2.50. The summed E-state index contributed by atoms with van der Waals surface area (Å²) in [6.45, 7) is 3.69. The first kappa shape index (κ1) is 22.4. The summed E-state index contributed by atoms with van der Waals surface area (Å²) in [5, 5.41) is 16.4. The first-order valence-corrected chi connectivity index (χ1v) is 9.91. The summed E-state index contributed by atoms with van der Waals surface area (Å²) in [4.78, 5) is 36.7. The van der Waals surface area contributed by atoms with Crippen LogP contribution in [-0.2, 0) is 9.59 Å². The molecule has 0 heterocycles. The Hall–Kier alpha value is -2.93. The fourth-order valence-corrected chi connectivity index (χ4v) is 2.86. The summed E-state index contributed by atoms with van der Waals surface area (Å²) < 4.78 is 0.817. The van der Waals surface area contributed by atoms with Gasteiger partial charge < -0.3 is 20.5 Å². The number of carbonyl (C=O) groups excluding carboxylic acids is 3. The SMILES string of the molecule is CC(C)C[C@H](NC(=O)/C(=C/c1ccccc1)NC(=O)c1ccc(Br)cc1)C(=O)[O-].